The molecule has 2 aromatic rings. The van der Waals surface area contributed by atoms with Crippen molar-refractivity contribution in [3.63, 3.8) is 0 Å². The van der Waals surface area contributed by atoms with E-state index in [9.17, 15) is 4.79 Å². The van der Waals surface area contributed by atoms with E-state index < -0.39 is 0 Å². The van der Waals surface area contributed by atoms with Gasteiger partial charge in [0.1, 0.15) is 0 Å². The maximum Gasteiger partial charge on any atom is 0.278 e. The molecule has 2 aromatic heterocycles. The molecule has 96 valence electrons. The van der Waals surface area contributed by atoms with Crippen molar-refractivity contribution < 1.29 is 4.79 Å². The molecule has 0 unspecified atom stereocenters. The summed E-state index contributed by atoms with van der Waals surface area (Å²) in [4.78, 5) is 12.0. The van der Waals surface area contributed by atoms with Gasteiger partial charge in [-0.2, -0.15) is 10.2 Å². The van der Waals surface area contributed by atoms with Crippen LogP contribution < -0.4 is 11.1 Å². The molecule has 0 saturated carbocycles. The van der Waals surface area contributed by atoms with Crippen molar-refractivity contribution in [1.29, 1.82) is 0 Å². The molecule has 1 amide bonds. The highest BCUT2D eigenvalue weighted by atomic mass is 16.2. The smallest absolute Gasteiger partial charge is 0.278 e. The van der Waals surface area contributed by atoms with Gasteiger partial charge < -0.3 is 11.1 Å². The Balaban J connectivity index is 2.21. The van der Waals surface area contributed by atoms with E-state index in [2.05, 4.69) is 15.5 Å². The Bertz CT molecular complexity index is 582. The van der Waals surface area contributed by atoms with Crippen molar-refractivity contribution in [1.82, 2.24) is 19.6 Å². The number of hydrogen-bond donors (Lipinski definition) is 2. The first-order valence-electron chi connectivity index (χ1n) is 5.65. The van der Waals surface area contributed by atoms with Crippen LogP contribution in [0.3, 0.4) is 0 Å². The van der Waals surface area contributed by atoms with Crippen LogP contribution in [0.1, 0.15) is 23.1 Å². The monoisotopic (exact) mass is 248 g/mol. The minimum Gasteiger partial charge on any atom is -0.396 e. The third kappa shape index (κ3) is 2.20. The minimum atomic E-state index is -0.323. The van der Waals surface area contributed by atoms with E-state index in [-0.39, 0.29) is 11.6 Å². The van der Waals surface area contributed by atoms with Gasteiger partial charge in [0.15, 0.2) is 5.69 Å². The number of aromatic nitrogens is 4. The maximum atomic E-state index is 12.0. The summed E-state index contributed by atoms with van der Waals surface area (Å²) in [5.41, 5.74) is 7.77. The molecule has 18 heavy (non-hydrogen) atoms. The molecule has 0 bridgehead atoms. The summed E-state index contributed by atoms with van der Waals surface area (Å²) >= 11 is 0. The van der Waals surface area contributed by atoms with Crippen LogP contribution in [-0.2, 0) is 13.6 Å². The fraction of sp³-hybridized carbons (Fsp3) is 0.364. The Morgan fingerprint density at radius 1 is 1.44 bits per heavy atom. The van der Waals surface area contributed by atoms with Crippen molar-refractivity contribution in [2.45, 2.75) is 20.4 Å². The Hall–Kier alpha value is -2.31. The number of aryl methyl sites for hydroxylation is 3. The summed E-state index contributed by atoms with van der Waals surface area (Å²) in [5.74, 6) is -0.323. The largest absolute Gasteiger partial charge is 0.396 e. The predicted molar refractivity (Wildman–Crippen MR) is 68.2 cm³/mol. The molecule has 0 aliphatic rings. The van der Waals surface area contributed by atoms with Crippen LogP contribution in [-0.4, -0.2) is 25.5 Å². The number of nitrogen functional groups attached to an aromatic ring is 1. The molecule has 0 aliphatic carbocycles. The molecule has 0 fully saturated rings. The van der Waals surface area contributed by atoms with Crippen molar-refractivity contribution in [3.8, 4) is 0 Å². The number of carbonyl (C=O) groups excluding carboxylic acids is 1. The lowest BCUT2D eigenvalue weighted by molar-refractivity contribution is 0.102. The van der Waals surface area contributed by atoms with E-state index in [1.165, 1.54) is 0 Å². The van der Waals surface area contributed by atoms with Crippen molar-refractivity contribution in [3.05, 3.63) is 23.8 Å². The normalized spacial score (nSPS) is 10.6. The molecule has 2 rings (SSSR count). The first-order chi connectivity index (χ1) is 8.51. The fourth-order valence-corrected chi connectivity index (χ4v) is 1.68. The molecular formula is C11H16N6O. The first-order valence-corrected chi connectivity index (χ1v) is 5.65. The predicted octanol–water partition coefficient (Wildman–Crippen LogP) is 0.779. The molecule has 0 saturated heterocycles. The zero-order chi connectivity index (χ0) is 13.3. The number of carbonyl (C=O) groups is 1. The Morgan fingerprint density at radius 2 is 2.17 bits per heavy atom. The number of nitrogens with one attached hydrogen (secondary N) is 1. The van der Waals surface area contributed by atoms with E-state index >= 15 is 0 Å². The van der Waals surface area contributed by atoms with E-state index in [1.54, 1.807) is 28.8 Å². The van der Waals surface area contributed by atoms with E-state index in [0.29, 0.717) is 17.9 Å². The van der Waals surface area contributed by atoms with Crippen molar-refractivity contribution in [2.24, 2.45) is 7.05 Å². The summed E-state index contributed by atoms with van der Waals surface area (Å²) in [6.07, 6.45) is 3.38. The number of amides is 1. The summed E-state index contributed by atoms with van der Waals surface area (Å²) in [7, 11) is 1.79. The molecule has 0 atom stereocenters. The second-order valence-corrected chi connectivity index (χ2v) is 4.04. The first kappa shape index (κ1) is 12.2. The van der Waals surface area contributed by atoms with Crippen LogP contribution in [0.25, 0.3) is 0 Å². The van der Waals surface area contributed by atoms with Crippen LogP contribution >= 0.6 is 0 Å². The molecule has 2 heterocycles. The second kappa shape index (κ2) is 4.52. The Morgan fingerprint density at radius 3 is 2.67 bits per heavy atom. The molecule has 7 nitrogen and oxygen atoms in total. The Labute approximate surface area is 105 Å². The van der Waals surface area contributed by atoms with Crippen LogP contribution in [0.4, 0.5) is 11.4 Å². The van der Waals surface area contributed by atoms with E-state index in [0.717, 1.165) is 5.69 Å². The quantitative estimate of drug-likeness (QED) is 0.839. The van der Waals surface area contributed by atoms with Crippen LogP contribution in [0.15, 0.2) is 12.4 Å². The van der Waals surface area contributed by atoms with Crippen molar-refractivity contribution >= 4 is 17.3 Å². The average molecular weight is 248 g/mol. The van der Waals surface area contributed by atoms with Gasteiger partial charge in [-0.15, -0.1) is 0 Å². The molecule has 7 heteroatoms. The Kier molecular flexibility index (Phi) is 3.05. The van der Waals surface area contributed by atoms with Crippen LogP contribution in [0.2, 0.25) is 0 Å². The number of hydrogen-bond acceptors (Lipinski definition) is 4. The second-order valence-electron chi connectivity index (χ2n) is 4.04. The van der Waals surface area contributed by atoms with Gasteiger partial charge >= 0.3 is 0 Å². The average Bonchev–Trinajstić information content (AvgIpc) is 2.82. The SMILES string of the molecule is CCn1cc(N)c(C(=O)Nc2cn(C)nc2C)n1. The molecule has 0 aliphatic heterocycles. The summed E-state index contributed by atoms with van der Waals surface area (Å²) in [6.45, 7) is 4.42. The molecular weight excluding hydrogens is 232 g/mol. The standard InChI is InChI=1S/C11H16N6O/c1-4-17-5-8(12)10(15-17)11(18)13-9-6-16(3)14-7(9)2/h5-6H,4,12H2,1-3H3,(H,13,18). The van der Waals surface area contributed by atoms with Gasteiger partial charge in [-0.05, 0) is 13.8 Å². The molecule has 3 N–H and O–H groups in total. The fourth-order valence-electron chi connectivity index (χ4n) is 1.68. The highest BCUT2D eigenvalue weighted by Gasteiger charge is 2.16. The highest BCUT2D eigenvalue weighted by molar-refractivity contribution is 6.06. The number of rotatable bonds is 3. The third-order valence-electron chi connectivity index (χ3n) is 2.59. The lowest BCUT2D eigenvalue weighted by atomic mass is 10.3. The van der Waals surface area contributed by atoms with Gasteiger partial charge in [-0.25, -0.2) is 0 Å². The van der Waals surface area contributed by atoms with Gasteiger partial charge in [-0.1, -0.05) is 0 Å². The summed E-state index contributed by atoms with van der Waals surface area (Å²) in [5, 5.41) is 11.0. The number of anilines is 2. The van der Waals surface area contributed by atoms with E-state index in [1.807, 2.05) is 13.8 Å². The lowest BCUT2D eigenvalue weighted by Crippen LogP contribution is -2.15. The van der Waals surface area contributed by atoms with Gasteiger partial charge in [0.25, 0.3) is 5.91 Å². The molecule has 0 aromatic carbocycles. The van der Waals surface area contributed by atoms with Crippen molar-refractivity contribution in [2.75, 3.05) is 11.1 Å². The number of nitrogens with two attached hydrogens (primary N) is 1. The molecule has 0 radical (unpaired) electrons. The summed E-state index contributed by atoms with van der Waals surface area (Å²) < 4.78 is 3.26. The highest BCUT2D eigenvalue weighted by Crippen LogP contribution is 2.15. The van der Waals surface area contributed by atoms with Gasteiger partial charge in [0.2, 0.25) is 0 Å². The zero-order valence-electron chi connectivity index (χ0n) is 10.6. The van der Waals surface area contributed by atoms with Crippen LogP contribution in [0, 0.1) is 6.92 Å². The summed E-state index contributed by atoms with van der Waals surface area (Å²) in [6, 6.07) is 0. The molecule has 0 spiro atoms. The minimum absolute atomic E-state index is 0.236. The lowest BCUT2D eigenvalue weighted by Gasteiger charge is -2.01. The van der Waals surface area contributed by atoms with Gasteiger partial charge in [-0.3, -0.25) is 14.2 Å². The topological polar surface area (TPSA) is 90.8 Å². The zero-order valence-corrected chi connectivity index (χ0v) is 10.6. The van der Waals surface area contributed by atoms with Gasteiger partial charge in [0.05, 0.1) is 17.1 Å². The third-order valence-corrected chi connectivity index (χ3v) is 2.59. The van der Waals surface area contributed by atoms with Crippen LogP contribution in [0.5, 0.6) is 0 Å². The van der Waals surface area contributed by atoms with Gasteiger partial charge in [0, 0.05) is 26.0 Å². The maximum absolute atomic E-state index is 12.0. The van der Waals surface area contributed by atoms with E-state index in [4.69, 9.17) is 5.73 Å². The number of nitrogens with zero attached hydrogens (tertiary/aromatic N) is 4.